The second-order valence-electron chi connectivity index (χ2n) is 5.85. The van der Waals surface area contributed by atoms with Crippen LogP contribution in [-0.2, 0) is 13.0 Å². The van der Waals surface area contributed by atoms with Gasteiger partial charge in [-0.3, -0.25) is 0 Å². The highest BCUT2D eigenvalue weighted by Gasteiger charge is 2.05. The number of thiazole rings is 1. The minimum absolute atomic E-state index is 0.687. The molecule has 3 aromatic rings. The van der Waals surface area contributed by atoms with Crippen molar-refractivity contribution < 1.29 is 9.47 Å². The highest BCUT2D eigenvalue weighted by molar-refractivity contribution is 7.15. The molecule has 136 valence electrons. The van der Waals surface area contributed by atoms with Gasteiger partial charge in [0.05, 0.1) is 18.6 Å². The number of aromatic nitrogens is 1. The first kappa shape index (κ1) is 18.4. The van der Waals surface area contributed by atoms with E-state index >= 15 is 0 Å². The molecule has 0 aliphatic heterocycles. The Kier molecular flexibility index (Phi) is 6.63. The van der Waals surface area contributed by atoms with Crippen LogP contribution in [0.15, 0.2) is 54.7 Å². The predicted octanol–water partition coefficient (Wildman–Crippen LogP) is 4.55. The summed E-state index contributed by atoms with van der Waals surface area (Å²) in [5, 5.41) is 4.57. The van der Waals surface area contributed by atoms with Gasteiger partial charge in [0, 0.05) is 12.7 Å². The van der Waals surface area contributed by atoms with Gasteiger partial charge in [0.25, 0.3) is 0 Å². The molecule has 2 aromatic carbocycles. The number of methoxy groups -OCH3 is 1. The summed E-state index contributed by atoms with van der Waals surface area (Å²) < 4.78 is 10.7. The summed E-state index contributed by atoms with van der Waals surface area (Å²) in [6.45, 7) is 4.39. The summed E-state index contributed by atoms with van der Waals surface area (Å²) in [5.74, 6) is 1.80. The van der Waals surface area contributed by atoms with Crippen molar-refractivity contribution >= 4 is 11.3 Å². The highest BCUT2D eigenvalue weighted by Crippen LogP contribution is 2.27. The second-order valence-corrected chi connectivity index (χ2v) is 6.97. The van der Waals surface area contributed by atoms with Crippen LogP contribution in [0.2, 0.25) is 0 Å². The monoisotopic (exact) mass is 368 g/mol. The molecule has 0 aliphatic rings. The van der Waals surface area contributed by atoms with E-state index in [0.717, 1.165) is 36.0 Å². The number of hydrogen-bond acceptors (Lipinski definition) is 5. The van der Waals surface area contributed by atoms with E-state index in [2.05, 4.69) is 34.6 Å². The van der Waals surface area contributed by atoms with E-state index in [0.29, 0.717) is 6.61 Å². The van der Waals surface area contributed by atoms with Gasteiger partial charge in [0.2, 0.25) is 0 Å². The molecular formula is C21H24N2O2S. The zero-order valence-corrected chi connectivity index (χ0v) is 16.0. The summed E-state index contributed by atoms with van der Waals surface area (Å²) in [7, 11) is 1.69. The molecule has 0 radical (unpaired) electrons. The topological polar surface area (TPSA) is 43.4 Å². The molecule has 0 unspecified atom stereocenters. The molecule has 5 heteroatoms. The van der Waals surface area contributed by atoms with E-state index in [-0.39, 0.29) is 0 Å². The molecule has 26 heavy (non-hydrogen) atoms. The predicted molar refractivity (Wildman–Crippen MR) is 107 cm³/mol. The van der Waals surface area contributed by atoms with E-state index in [4.69, 9.17) is 9.47 Å². The molecular weight excluding hydrogens is 344 g/mol. The fraction of sp³-hybridized carbons (Fsp3) is 0.286. The average molecular weight is 369 g/mol. The molecule has 4 nitrogen and oxygen atoms in total. The van der Waals surface area contributed by atoms with Gasteiger partial charge in [0.1, 0.15) is 16.5 Å². The van der Waals surface area contributed by atoms with Gasteiger partial charge >= 0.3 is 0 Å². The molecule has 0 amide bonds. The van der Waals surface area contributed by atoms with Crippen molar-refractivity contribution in [2.45, 2.75) is 19.9 Å². The van der Waals surface area contributed by atoms with Crippen molar-refractivity contribution in [3.05, 3.63) is 65.3 Å². The largest absolute Gasteiger partial charge is 0.497 e. The van der Waals surface area contributed by atoms with Gasteiger partial charge in [-0.2, -0.15) is 0 Å². The van der Waals surface area contributed by atoms with Crippen molar-refractivity contribution in [1.82, 2.24) is 10.3 Å². The van der Waals surface area contributed by atoms with Crippen LogP contribution in [0.5, 0.6) is 11.5 Å². The van der Waals surface area contributed by atoms with Crippen molar-refractivity contribution in [1.29, 1.82) is 0 Å². The van der Waals surface area contributed by atoms with Crippen LogP contribution in [-0.4, -0.2) is 25.2 Å². The minimum atomic E-state index is 0.687. The summed E-state index contributed by atoms with van der Waals surface area (Å²) in [6.07, 6.45) is 2.93. The summed E-state index contributed by atoms with van der Waals surface area (Å²) in [5.41, 5.74) is 2.47. The average Bonchev–Trinajstić information content (AvgIpc) is 3.15. The first-order valence-electron chi connectivity index (χ1n) is 8.80. The number of ether oxygens (including phenoxy) is 2. The molecule has 0 atom stereocenters. The van der Waals surface area contributed by atoms with Gasteiger partial charge in [-0.25, -0.2) is 4.98 Å². The van der Waals surface area contributed by atoms with Crippen molar-refractivity contribution in [3.8, 4) is 21.9 Å². The lowest BCUT2D eigenvalue weighted by molar-refractivity contribution is 0.340. The van der Waals surface area contributed by atoms with E-state index in [9.17, 15) is 0 Å². The Balaban J connectivity index is 1.47. The van der Waals surface area contributed by atoms with Crippen molar-refractivity contribution in [3.63, 3.8) is 0 Å². The third-order valence-corrected chi connectivity index (χ3v) is 5.08. The quantitative estimate of drug-likeness (QED) is 0.563. The Morgan fingerprint density at radius 1 is 1.00 bits per heavy atom. The van der Waals surface area contributed by atoms with Crippen molar-refractivity contribution in [2.75, 3.05) is 20.3 Å². The number of rotatable bonds is 9. The zero-order valence-electron chi connectivity index (χ0n) is 15.2. The van der Waals surface area contributed by atoms with Gasteiger partial charge in [0.15, 0.2) is 0 Å². The van der Waals surface area contributed by atoms with Crippen molar-refractivity contribution in [2.24, 2.45) is 0 Å². The lowest BCUT2D eigenvalue weighted by Gasteiger charge is -2.04. The Labute approximate surface area is 158 Å². The smallest absolute Gasteiger partial charge is 0.119 e. The summed E-state index contributed by atoms with van der Waals surface area (Å²) in [4.78, 5) is 5.71. The Morgan fingerprint density at radius 3 is 2.42 bits per heavy atom. The van der Waals surface area contributed by atoms with Crippen LogP contribution in [0.3, 0.4) is 0 Å². The van der Waals surface area contributed by atoms with E-state index in [1.807, 2.05) is 37.4 Å². The van der Waals surface area contributed by atoms with Crippen LogP contribution in [0.25, 0.3) is 10.4 Å². The maximum atomic E-state index is 5.49. The number of benzene rings is 2. The van der Waals surface area contributed by atoms with Crippen LogP contribution in [0.4, 0.5) is 0 Å². The van der Waals surface area contributed by atoms with Crippen LogP contribution in [0.1, 0.15) is 17.5 Å². The molecule has 0 saturated carbocycles. The van der Waals surface area contributed by atoms with E-state index in [1.165, 1.54) is 16.0 Å². The van der Waals surface area contributed by atoms with E-state index < -0.39 is 0 Å². The van der Waals surface area contributed by atoms with E-state index in [1.54, 1.807) is 18.4 Å². The maximum Gasteiger partial charge on any atom is 0.119 e. The minimum Gasteiger partial charge on any atom is -0.497 e. The van der Waals surface area contributed by atoms with Crippen LogP contribution < -0.4 is 14.8 Å². The molecule has 0 spiro atoms. The Hall–Kier alpha value is -2.37. The van der Waals surface area contributed by atoms with Gasteiger partial charge in [-0.1, -0.05) is 12.1 Å². The standard InChI is InChI=1S/C21H24N2O2S/c1-3-25-19-10-6-17(7-11-19)20-14-23-21(26-20)15-22-13-12-16-4-8-18(24-2)9-5-16/h4-11,14,22H,3,12-13,15H2,1-2H3. The molecule has 0 aliphatic carbocycles. The first-order chi connectivity index (χ1) is 12.8. The highest BCUT2D eigenvalue weighted by atomic mass is 32.1. The second kappa shape index (κ2) is 9.36. The fourth-order valence-electron chi connectivity index (χ4n) is 2.63. The lowest BCUT2D eigenvalue weighted by atomic mass is 10.1. The van der Waals surface area contributed by atoms with Gasteiger partial charge in [-0.05, 0) is 67.4 Å². The lowest BCUT2D eigenvalue weighted by Crippen LogP contribution is -2.16. The third kappa shape index (κ3) is 5.07. The molecule has 0 bridgehead atoms. The molecule has 0 fully saturated rings. The Morgan fingerprint density at radius 2 is 1.73 bits per heavy atom. The molecule has 0 saturated heterocycles. The zero-order chi connectivity index (χ0) is 18.2. The first-order valence-corrected chi connectivity index (χ1v) is 9.61. The normalized spacial score (nSPS) is 10.7. The summed E-state index contributed by atoms with van der Waals surface area (Å²) in [6, 6.07) is 16.4. The Bertz CT molecular complexity index is 798. The van der Waals surface area contributed by atoms with Gasteiger partial charge in [-0.15, -0.1) is 11.3 Å². The maximum absolute atomic E-state index is 5.49. The fourth-order valence-corrected chi connectivity index (χ4v) is 3.52. The molecule has 3 rings (SSSR count). The number of hydrogen-bond donors (Lipinski definition) is 1. The molecule has 1 N–H and O–H groups in total. The van der Waals surface area contributed by atoms with Crippen LogP contribution in [0, 0.1) is 0 Å². The van der Waals surface area contributed by atoms with Gasteiger partial charge < -0.3 is 14.8 Å². The number of nitrogens with zero attached hydrogens (tertiary/aromatic N) is 1. The SMILES string of the molecule is CCOc1ccc(-c2cnc(CNCCc3ccc(OC)cc3)s2)cc1. The third-order valence-electron chi connectivity index (χ3n) is 4.03. The molecule has 1 heterocycles. The molecule has 1 aromatic heterocycles. The van der Waals surface area contributed by atoms with Crippen LogP contribution >= 0.6 is 11.3 Å². The number of nitrogens with one attached hydrogen (secondary N) is 1. The summed E-state index contributed by atoms with van der Waals surface area (Å²) >= 11 is 1.73.